The molecule has 0 unspecified atom stereocenters. The number of amides is 1. The topological polar surface area (TPSA) is 51.0 Å². The molecule has 144 valence electrons. The second-order valence-corrected chi connectivity index (χ2v) is 7.61. The Bertz CT molecular complexity index is 935. The van der Waals surface area contributed by atoms with Gasteiger partial charge in [-0.05, 0) is 37.3 Å². The standard InChI is InChI=1S/C23H26N4O/c1-18-7-5-10-20(15-18)21-11-6-13-26(16-21)23(28)22-17-27(25-24-22)14-12-19-8-3-2-4-9-19/h2-5,7-10,15,17,21H,6,11-14,16H2,1H3/t21-/m0/s1. The summed E-state index contributed by atoms with van der Waals surface area (Å²) < 4.78 is 1.77. The third-order valence-corrected chi connectivity index (χ3v) is 5.45. The average molecular weight is 374 g/mol. The summed E-state index contributed by atoms with van der Waals surface area (Å²) in [4.78, 5) is 14.9. The van der Waals surface area contributed by atoms with Crippen LogP contribution in [0.25, 0.3) is 0 Å². The van der Waals surface area contributed by atoms with Gasteiger partial charge in [0.05, 0.1) is 6.20 Å². The third kappa shape index (κ3) is 4.30. The molecule has 5 heteroatoms. The molecule has 2 heterocycles. The van der Waals surface area contributed by atoms with Crippen LogP contribution < -0.4 is 0 Å². The van der Waals surface area contributed by atoms with Gasteiger partial charge < -0.3 is 4.90 Å². The molecule has 1 saturated heterocycles. The highest BCUT2D eigenvalue weighted by Crippen LogP contribution is 2.28. The van der Waals surface area contributed by atoms with Gasteiger partial charge in [-0.2, -0.15) is 0 Å². The lowest BCUT2D eigenvalue weighted by atomic mass is 9.90. The molecule has 28 heavy (non-hydrogen) atoms. The average Bonchev–Trinajstić information content (AvgIpc) is 3.22. The molecule has 0 bridgehead atoms. The Morgan fingerprint density at radius 1 is 1.14 bits per heavy atom. The Morgan fingerprint density at radius 3 is 2.82 bits per heavy atom. The number of nitrogens with zero attached hydrogens (tertiary/aromatic N) is 4. The lowest BCUT2D eigenvalue weighted by Gasteiger charge is -2.32. The van der Waals surface area contributed by atoms with Gasteiger partial charge in [0.1, 0.15) is 0 Å². The molecule has 1 aromatic heterocycles. The zero-order valence-corrected chi connectivity index (χ0v) is 16.3. The van der Waals surface area contributed by atoms with Gasteiger partial charge in [-0.25, -0.2) is 0 Å². The first-order chi connectivity index (χ1) is 13.7. The Balaban J connectivity index is 1.39. The Kier molecular flexibility index (Phi) is 5.51. The van der Waals surface area contributed by atoms with Crippen molar-refractivity contribution in [3.05, 3.63) is 83.2 Å². The van der Waals surface area contributed by atoms with E-state index in [1.807, 2.05) is 23.1 Å². The van der Waals surface area contributed by atoms with Crippen LogP contribution in [0.2, 0.25) is 0 Å². The molecule has 5 nitrogen and oxygen atoms in total. The minimum atomic E-state index is -0.0108. The first kappa shape index (κ1) is 18.4. The van der Waals surface area contributed by atoms with E-state index in [-0.39, 0.29) is 5.91 Å². The number of carbonyl (C=O) groups excluding carboxylic acids is 1. The van der Waals surface area contributed by atoms with Crippen molar-refractivity contribution in [3.8, 4) is 0 Å². The summed E-state index contributed by atoms with van der Waals surface area (Å²) in [6, 6.07) is 18.9. The molecule has 1 amide bonds. The summed E-state index contributed by atoms with van der Waals surface area (Å²) in [5.41, 5.74) is 4.28. The summed E-state index contributed by atoms with van der Waals surface area (Å²) in [5, 5.41) is 8.29. The van der Waals surface area contributed by atoms with E-state index in [1.165, 1.54) is 16.7 Å². The number of aryl methyl sites for hydroxylation is 3. The van der Waals surface area contributed by atoms with E-state index < -0.39 is 0 Å². The molecular weight excluding hydrogens is 348 g/mol. The van der Waals surface area contributed by atoms with Crippen LogP contribution in [0.1, 0.15) is 45.9 Å². The third-order valence-electron chi connectivity index (χ3n) is 5.45. The molecule has 0 radical (unpaired) electrons. The molecule has 4 rings (SSSR count). The van der Waals surface area contributed by atoms with Crippen LogP contribution in [0.5, 0.6) is 0 Å². The molecular formula is C23H26N4O. The fraction of sp³-hybridized carbons (Fsp3) is 0.348. The maximum atomic E-state index is 12.9. The largest absolute Gasteiger partial charge is 0.337 e. The van der Waals surface area contributed by atoms with E-state index in [0.29, 0.717) is 11.6 Å². The highest BCUT2D eigenvalue weighted by atomic mass is 16.2. The first-order valence-corrected chi connectivity index (χ1v) is 9.99. The summed E-state index contributed by atoms with van der Waals surface area (Å²) >= 11 is 0. The normalized spacial score (nSPS) is 16.9. The molecule has 3 aromatic rings. The summed E-state index contributed by atoms with van der Waals surface area (Å²) in [6.07, 6.45) is 4.79. The van der Waals surface area contributed by atoms with Crippen molar-refractivity contribution in [3.63, 3.8) is 0 Å². The number of carbonyl (C=O) groups is 1. The fourth-order valence-electron chi connectivity index (χ4n) is 3.91. The fourth-order valence-corrected chi connectivity index (χ4v) is 3.91. The summed E-state index contributed by atoms with van der Waals surface area (Å²) in [5.74, 6) is 0.383. The number of likely N-dealkylation sites (tertiary alicyclic amines) is 1. The number of aromatic nitrogens is 3. The number of benzene rings is 2. The van der Waals surface area contributed by atoms with Crippen molar-refractivity contribution in [2.45, 2.75) is 38.6 Å². The Morgan fingerprint density at radius 2 is 2.00 bits per heavy atom. The van der Waals surface area contributed by atoms with E-state index in [1.54, 1.807) is 10.9 Å². The number of piperidine rings is 1. The van der Waals surface area contributed by atoms with Crippen molar-refractivity contribution in [1.29, 1.82) is 0 Å². The van der Waals surface area contributed by atoms with Crippen LogP contribution >= 0.6 is 0 Å². The van der Waals surface area contributed by atoms with Gasteiger partial charge in [0, 0.05) is 25.6 Å². The van der Waals surface area contributed by atoms with E-state index in [0.717, 1.165) is 38.9 Å². The lowest BCUT2D eigenvalue weighted by Crippen LogP contribution is -2.39. The van der Waals surface area contributed by atoms with Crippen LogP contribution in [0.3, 0.4) is 0 Å². The molecule has 0 spiro atoms. The minimum Gasteiger partial charge on any atom is -0.337 e. The van der Waals surface area contributed by atoms with E-state index in [2.05, 4.69) is 53.6 Å². The first-order valence-electron chi connectivity index (χ1n) is 9.99. The number of rotatable bonds is 5. The molecule has 1 fully saturated rings. The van der Waals surface area contributed by atoms with Crippen LogP contribution in [-0.4, -0.2) is 38.9 Å². The molecule has 1 aliphatic heterocycles. The van der Waals surface area contributed by atoms with Crippen LogP contribution in [0, 0.1) is 6.92 Å². The van der Waals surface area contributed by atoms with Gasteiger partial charge in [0.15, 0.2) is 5.69 Å². The van der Waals surface area contributed by atoms with E-state index >= 15 is 0 Å². The molecule has 1 aliphatic rings. The number of hydrogen-bond acceptors (Lipinski definition) is 3. The predicted octanol–water partition coefficient (Wildman–Crippen LogP) is 3.85. The van der Waals surface area contributed by atoms with Gasteiger partial charge in [0.2, 0.25) is 0 Å². The second-order valence-electron chi connectivity index (χ2n) is 7.61. The zero-order chi connectivity index (χ0) is 19.3. The van der Waals surface area contributed by atoms with Gasteiger partial charge in [-0.1, -0.05) is 65.4 Å². The molecule has 2 aromatic carbocycles. The lowest BCUT2D eigenvalue weighted by molar-refractivity contribution is 0.0701. The van der Waals surface area contributed by atoms with E-state index in [9.17, 15) is 4.79 Å². The smallest absolute Gasteiger partial charge is 0.276 e. The molecule has 1 atom stereocenters. The van der Waals surface area contributed by atoms with Crippen molar-refractivity contribution >= 4 is 5.91 Å². The quantitative estimate of drug-likeness (QED) is 0.682. The predicted molar refractivity (Wildman–Crippen MR) is 109 cm³/mol. The highest BCUT2D eigenvalue weighted by molar-refractivity contribution is 5.92. The summed E-state index contributed by atoms with van der Waals surface area (Å²) in [6.45, 7) is 4.37. The van der Waals surface area contributed by atoms with Crippen LogP contribution in [0.15, 0.2) is 60.8 Å². The van der Waals surface area contributed by atoms with Crippen LogP contribution in [0.4, 0.5) is 0 Å². The summed E-state index contributed by atoms with van der Waals surface area (Å²) in [7, 11) is 0. The minimum absolute atomic E-state index is 0.0108. The van der Waals surface area contributed by atoms with Gasteiger partial charge in [-0.3, -0.25) is 9.48 Å². The second kappa shape index (κ2) is 8.38. The van der Waals surface area contributed by atoms with Crippen molar-refractivity contribution < 1.29 is 4.79 Å². The molecule has 0 aliphatic carbocycles. The highest BCUT2D eigenvalue weighted by Gasteiger charge is 2.27. The van der Waals surface area contributed by atoms with Crippen molar-refractivity contribution in [2.75, 3.05) is 13.1 Å². The van der Waals surface area contributed by atoms with Crippen molar-refractivity contribution in [2.24, 2.45) is 0 Å². The van der Waals surface area contributed by atoms with Crippen molar-refractivity contribution in [1.82, 2.24) is 19.9 Å². The SMILES string of the molecule is Cc1cccc([C@H]2CCCN(C(=O)c3cn(CCc4ccccc4)nn3)C2)c1. The monoisotopic (exact) mass is 374 g/mol. The van der Waals surface area contributed by atoms with Gasteiger partial charge in [0.25, 0.3) is 5.91 Å². The Labute approximate surface area is 166 Å². The molecule has 0 N–H and O–H groups in total. The Hall–Kier alpha value is -2.95. The van der Waals surface area contributed by atoms with Crippen LogP contribution in [-0.2, 0) is 13.0 Å². The zero-order valence-electron chi connectivity index (χ0n) is 16.3. The van der Waals surface area contributed by atoms with Gasteiger partial charge in [-0.15, -0.1) is 5.10 Å². The van der Waals surface area contributed by atoms with E-state index in [4.69, 9.17) is 0 Å². The maximum absolute atomic E-state index is 12.9. The maximum Gasteiger partial charge on any atom is 0.276 e. The van der Waals surface area contributed by atoms with Gasteiger partial charge >= 0.3 is 0 Å². The number of hydrogen-bond donors (Lipinski definition) is 0. The molecule has 0 saturated carbocycles.